The van der Waals surface area contributed by atoms with Crippen LogP contribution in [0, 0.1) is 5.92 Å². The summed E-state index contributed by atoms with van der Waals surface area (Å²) in [6.07, 6.45) is 5.59. The molecule has 2 aliphatic rings. The summed E-state index contributed by atoms with van der Waals surface area (Å²) in [5, 5.41) is 4.69. The lowest BCUT2D eigenvalue weighted by molar-refractivity contribution is 0.0693. The first-order chi connectivity index (χ1) is 9.15. The quantitative estimate of drug-likeness (QED) is 0.833. The van der Waals surface area contributed by atoms with Crippen molar-refractivity contribution in [1.82, 2.24) is 10.2 Å². The minimum Gasteiger partial charge on any atom is -0.311 e. The number of nitrogens with zero attached hydrogens (tertiary/aromatic N) is 1. The van der Waals surface area contributed by atoms with E-state index in [9.17, 15) is 0 Å². The minimum absolute atomic E-state index is 0.695. The molecule has 1 N–H and O–H groups in total. The van der Waals surface area contributed by atoms with Crippen molar-refractivity contribution in [3.8, 4) is 0 Å². The summed E-state index contributed by atoms with van der Waals surface area (Å²) in [7, 11) is 0. The van der Waals surface area contributed by atoms with Gasteiger partial charge in [0.05, 0.1) is 0 Å². The van der Waals surface area contributed by atoms with E-state index in [1.807, 2.05) is 0 Å². The highest BCUT2D eigenvalue weighted by Crippen LogP contribution is 2.34. The van der Waals surface area contributed by atoms with Crippen LogP contribution in [0.25, 0.3) is 0 Å². The molecule has 0 amide bonds. The Bertz CT molecular complexity index is 269. The second-order valence-corrected chi connectivity index (χ2v) is 8.14. The fourth-order valence-electron chi connectivity index (χ4n) is 3.72. The van der Waals surface area contributed by atoms with Gasteiger partial charge in [0, 0.05) is 36.5 Å². The summed E-state index contributed by atoms with van der Waals surface area (Å²) < 4.78 is 0. The molecule has 0 aromatic heterocycles. The van der Waals surface area contributed by atoms with Gasteiger partial charge >= 0.3 is 0 Å². The van der Waals surface area contributed by atoms with Crippen LogP contribution in [0.4, 0.5) is 0 Å². The van der Waals surface area contributed by atoms with Gasteiger partial charge in [-0.1, -0.05) is 27.7 Å². The van der Waals surface area contributed by atoms with Crippen LogP contribution in [0.5, 0.6) is 0 Å². The maximum Gasteiger partial charge on any atom is 0.0221 e. The number of hydrogen-bond donors (Lipinski definition) is 1. The van der Waals surface area contributed by atoms with Crippen LogP contribution in [0.1, 0.15) is 53.4 Å². The van der Waals surface area contributed by atoms with Crippen LogP contribution >= 0.6 is 11.8 Å². The van der Waals surface area contributed by atoms with Gasteiger partial charge in [-0.25, -0.2) is 0 Å². The summed E-state index contributed by atoms with van der Waals surface area (Å²) in [5.41, 5.74) is 0. The predicted molar refractivity (Wildman–Crippen MR) is 87.0 cm³/mol. The zero-order chi connectivity index (χ0) is 13.8. The summed E-state index contributed by atoms with van der Waals surface area (Å²) in [6.45, 7) is 11.8. The Labute approximate surface area is 124 Å². The van der Waals surface area contributed by atoms with Crippen molar-refractivity contribution in [2.24, 2.45) is 5.92 Å². The highest BCUT2D eigenvalue weighted by Gasteiger charge is 2.36. The topological polar surface area (TPSA) is 15.3 Å². The van der Waals surface area contributed by atoms with E-state index in [0.29, 0.717) is 6.04 Å². The second kappa shape index (κ2) is 7.33. The molecule has 1 aliphatic heterocycles. The molecule has 4 unspecified atom stereocenters. The standard InChI is InChI=1S/C16H32N2S/c1-5-13-10-17-16(12(3)4)11-18(13)14-7-8-15(9-14)19-6-2/h12-17H,5-11H2,1-4H3. The van der Waals surface area contributed by atoms with E-state index in [2.05, 4.69) is 49.7 Å². The minimum atomic E-state index is 0.695. The first-order valence-electron chi connectivity index (χ1n) is 8.26. The largest absolute Gasteiger partial charge is 0.311 e. The van der Waals surface area contributed by atoms with Gasteiger partial charge in [-0.3, -0.25) is 4.90 Å². The first kappa shape index (κ1) is 15.7. The van der Waals surface area contributed by atoms with E-state index in [1.165, 1.54) is 44.5 Å². The van der Waals surface area contributed by atoms with Crippen molar-refractivity contribution in [2.75, 3.05) is 18.8 Å². The molecule has 2 fully saturated rings. The molecule has 1 heterocycles. The van der Waals surface area contributed by atoms with Gasteiger partial charge in [-0.05, 0) is 37.4 Å². The molecule has 0 radical (unpaired) electrons. The predicted octanol–water partition coefficient (Wildman–Crippen LogP) is 3.37. The molecule has 0 aromatic carbocycles. The Kier molecular flexibility index (Phi) is 6.04. The Morgan fingerprint density at radius 3 is 2.68 bits per heavy atom. The van der Waals surface area contributed by atoms with E-state index >= 15 is 0 Å². The highest BCUT2D eigenvalue weighted by molar-refractivity contribution is 7.99. The van der Waals surface area contributed by atoms with Crippen molar-refractivity contribution < 1.29 is 0 Å². The highest BCUT2D eigenvalue weighted by atomic mass is 32.2. The van der Waals surface area contributed by atoms with E-state index in [4.69, 9.17) is 0 Å². The third-order valence-corrected chi connectivity index (χ3v) is 6.23. The monoisotopic (exact) mass is 284 g/mol. The molecule has 0 aromatic rings. The molecule has 1 saturated heterocycles. The van der Waals surface area contributed by atoms with Crippen molar-refractivity contribution >= 4 is 11.8 Å². The lowest BCUT2D eigenvalue weighted by Crippen LogP contribution is -2.60. The molecule has 19 heavy (non-hydrogen) atoms. The Morgan fingerprint density at radius 1 is 1.26 bits per heavy atom. The lowest BCUT2D eigenvalue weighted by atomic mass is 9.96. The molecule has 4 atom stereocenters. The van der Waals surface area contributed by atoms with Gasteiger partial charge in [-0.2, -0.15) is 11.8 Å². The van der Waals surface area contributed by atoms with Gasteiger partial charge < -0.3 is 5.32 Å². The van der Waals surface area contributed by atoms with E-state index in [0.717, 1.165) is 23.3 Å². The average Bonchev–Trinajstić information content (AvgIpc) is 2.87. The molecule has 0 spiro atoms. The number of nitrogens with one attached hydrogen (secondary N) is 1. The number of rotatable bonds is 5. The molecular weight excluding hydrogens is 252 g/mol. The van der Waals surface area contributed by atoms with E-state index in [-0.39, 0.29) is 0 Å². The van der Waals surface area contributed by atoms with Gasteiger partial charge in [0.15, 0.2) is 0 Å². The zero-order valence-electron chi connectivity index (χ0n) is 13.2. The summed E-state index contributed by atoms with van der Waals surface area (Å²) in [6, 6.07) is 2.32. The third kappa shape index (κ3) is 3.89. The van der Waals surface area contributed by atoms with Crippen LogP contribution in [-0.4, -0.2) is 47.1 Å². The van der Waals surface area contributed by atoms with E-state index in [1.54, 1.807) is 0 Å². The lowest BCUT2D eigenvalue weighted by Gasteiger charge is -2.45. The maximum absolute atomic E-state index is 3.76. The Morgan fingerprint density at radius 2 is 2.05 bits per heavy atom. The number of hydrogen-bond acceptors (Lipinski definition) is 3. The summed E-state index contributed by atoms with van der Waals surface area (Å²) in [5.74, 6) is 2.03. The fraction of sp³-hybridized carbons (Fsp3) is 1.00. The van der Waals surface area contributed by atoms with Crippen molar-refractivity contribution in [3.05, 3.63) is 0 Å². The van der Waals surface area contributed by atoms with Crippen molar-refractivity contribution in [1.29, 1.82) is 0 Å². The van der Waals surface area contributed by atoms with Gasteiger partial charge in [0.25, 0.3) is 0 Å². The SMILES string of the molecule is CCSC1CCC(N2CC(C(C)C)NCC2CC)C1. The maximum atomic E-state index is 3.76. The molecule has 3 heteroatoms. The third-order valence-electron chi connectivity index (χ3n) is 5.00. The smallest absolute Gasteiger partial charge is 0.0221 e. The average molecular weight is 285 g/mol. The Balaban J connectivity index is 1.95. The van der Waals surface area contributed by atoms with Crippen LogP contribution in [0.15, 0.2) is 0 Å². The van der Waals surface area contributed by atoms with Gasteiger partial charge in [0.1, 0.15) is 0 Å². The van der Waals surface area contributed by atoms with Crippen molar-refractivity contribution in [2.45, 2.75) is 76.8 Å². The summed E-state index contributed by atoms with van der Waals surface area (Å²) >= 11 is 2.18. The molecule has 1 saturated carbocycles. The normalized spacial score (nSPS) is 37.1. The fourth-order valence-corrected chi connectivity index (χ4v) is 4.86. The molecule has 112 valence electrons. The van der Waals surface area contributed by atoms with Gasteiger partial charge in [-0.15, -0.1) is 0 Å². The summed E-state index contributed by atoms with van der Waals surface area (Å²) in [4.78, 5) is 2.86. The molecule has 2 nitrogen and oxygen atoms in total. The van der Waals surface area contributed by atoms with Crippen LogP contribution in [-0.2, 0) is 0 Å². The number of piperazine rings is 1. The Hall–Kier alpha value is 0.270. The first-order valence-corrected chi connectivity index (χ1v) is 9.31. The van der Waals surface area contributed by atoms with Crippen molar-refractivity contribution in [3.63, 3.8) is 0 Å². The molecule has 2 rings (SSSR count). The second-order valence-electron chi connectivity index (χ2n) is 6.56. The molecule has 0 bridgehead atoms. The molecular formula is C16H32N2S. The van der Waals surface area contributed by atoms with Crippen LogP contribution in [0.2, 0.25) is 0 Å². The molecule has 1 aliphatic carbocycles. The van der Waals surface area contributed by atoms with Crippen LogP contribution in [0.3, 0.4) is 0 Å². The van der Waals surface area contributed by atoms with Gasteiger partial charge in [0.2, 0.25) is 0 Å². The van der Waals surface area contributed by atoms with E-state index < -0.39 is 0 Å². The zero-order valence-corrected chi connectivity index (χ0v) is 14.0. The van der Waals surface area contributed by atoms with Crippen LogP contribution < -0.4 is 5.32 Å². The number of thioether (sulfide) groups is 1.